The van der Waals surface area contributed by atoms with Crippen LogP contribution in [0.2, 0.25) is 0 Å². The molecule has 148 valence electrons. The van der Waals surface area contributed by atoms with Crippen molar-refractivity contribution >= 4 is 18.1 Å². The van der Waals surface area contributed by atoms with E-state index in [1.54, 1.807) is 24.3 Å². The Labute approximate surface area is 161 Å². The lowest BCUT2D eigenvalue weighted by molar-refractivity contribution is -0.137. The molecule has 0 saturated heterocycles. The van der Waals surface area contributed by atoms with Gasteiger partial charge in [-0.25, -0.2) is 8.78 Å². The Bertz CT molecular complexity index is 848. The number of hydrogen-bond donors (Lipinski definition) is 1. The summed E-state index contributed by atoms with van der Waals surface area (Å²) >= 11 is 0. The van der Waals surface area contributed by atoms with Crippen LogP contribution in [0.5, 0.6) is 5.75 Å². The second kappa shape index (κ2) is 8.82. The van der Waals surface area contributed by atoms with E-state index in [1.165, 1.54) is 0 Å². The van der Waals surface area contributed by atoms with Gasteiger partial charge < -0.3 is 14.8 Å². The van der Waals surface area contributed by atoms with E-state index in [-0.39, 0.29) is 0 Å². The molecule has 1 fully saturated rings. The standard InChI is InChI=1S/C21H21F2NO4/c1-2-27-18-8-4-3-6-14(18)13-10-16(22)20(17(23)11-13)24-21(26)15-7-5-9-19(15)28-12-25/h3-4,6,8,10-12,15,19H,2,5,7,9H2,1H3,(H,24,26). The van der Waals surface area contributed by atoms with Crippen LogP contribution in [-0.4, -0.2) is 25.1 Å². The first-order valence-electron chi connectivity index (χ1n) is 9.16. The molecule has 2 aromatic rings. The third-order valence-electron chi connectivity index (χ3n) is 4.81. The number of anilines is 1. The van der Waals surface area contributed by atoms with Crippen molar-refractivity contribution in [2.75, 3.05) is 11.9 Å². The molecule has 1 N–H and O–H groups in total. The highest BCUT2D eigenvalue weighted by molar-refractivity contribution is 5.94. The van der Waals surface area contributed by atoms with Gasteiger partial charge in [0.25, 0.3) is 6.47 Å². The van der Waals surface area contributed by atoms with E-state index in [2.05, 4.69) is 5.32 Å². The predicted octanol–water partition coefficient (Wildman–Crippen LogP) is 4.31. The van der Waals surface area contributed by atoms with Gasteiger partial charge in [0.05, 0.1) is 12.5 Å². The average Bonchev–Trinajstić information content (AvgIpc) is 3.14. The van der Waals surface area contributed by atoms with Gasteiger partial charge in [0.1, 0.15) is 29.2 Å². The maximum absolute atomic E-state index is 14.6. The Morgan fingerprint density at radius 1 is 1.21 bits per heavy atom. The molecule has 0 bridgehead atoms. The van der Waals surface area contributed by atoms with Crippen molar-refractivity contribution in [1.82, 2.24) is 0 Å². The fourth-order valence-corrected chi connectivity index (χ4v) is 3.51. The predicted molar refractivity (Wildman–Crippen MR) is 99.9 cm³/mol. The van der Waals surface area contributed by atoms with Gasteiger partial charge in [0, 0.05) is 5.56 Å². The molecule has 2 unspecified atom stereocenters. The topological polar surface area (TPSA) is 64.6 Å². The van der Waals surface area contributed by atoms with Crippen LogP contribution >= 0.6 is 0 Å². The summed E-state index contributed by atoms with van der Waals surface area (Å²) in [7, 11) is 0. The highest BCUT2D eigenvalue weighted by Gasteiger charge is 2.35. The number of halogens is 2. The van der Waals surface area contributed by atoms with Crippen LogP contribution in [0.3, 0.4) is 0 Å². The lowest BCUT2D eigenvalue weighted by atomic mass is 10.0. The van der Waals surface area contributed by atoms with E-state index in [4.69, 9.17) is 9.47 Å². The fourth-order valence-electron chi connectivity index (χ4n) is 3.51. The lowest BCUT2D eigenvalue weighted by Gasteiger charge is -2.18. The van der Waals surface area contributed by atoms with Crippen molar-refractivity contribution in [3.8, 4) is 16.9 Å². The van der Waals surface area contributed by atoms with Crippen molar-refractivity contribution in [2.45, 2.75) is 32.3 Å². The van der Waals surface area contributed by atoms with Crippen molar-refractivity contribution in [3.63, 3.8) is 0 Å². The zero-order chi connectivity index (χ0) is 20.1. The third kappa shape index (κ3) is 4.13. The van der Waals surface area contributed by atoms with Gasteiger partial charge >= 0.3 is 0 Å². The van der Waals surface area contributed by atoms with Crippen molar-refractivity contribution < 1.29 is 27.8 Å². The normalized spacial score (nSPS) is 18.5. The van der Waals surface area contributed by atoms with Crippen LogP contribution < -0.4 is 10.1 Å². The summed E-state index contributed by atoms with van der Waals surface area (Å²) in [4.78, 5) is 23.0. The number of rotatable bonds is 7. The lowest BCUT2D eigenvalue weighted by Crippen LogP contribution is -2.31. The second-order valence-corrected chi connectivity index (χ2v) is 6.54. The zero-order valence-corrected chi connectivity index (χ0v) is 15.4. The highest BCUT2D eigenvalue weighted by Crippen LogP contribution is 2.34. The van der Waals surface area contributed by atoms with Gasteiger partial charge in [-0.1, -0.05) is 18.2 Å². The average molecular weight is 389 g/mol. The molecule has 0 aliphatic heterocycles. The number of benzene rings is 2. The molecule has 0 heterocycles. The first-order chi connectivity index (χ1) is 13.5. The number of carbonyl (C=O) groups is 2. The van der Waals surface area contributed by atoms with Crippen LogP contribution in [0.25, 0.3) is 11.1 Å². The summed E-state index contributed by atoms with van der Waals surface area (Å²) in [5.74, 6) is -2.45. The minimum atomic E-state index is -0.888. The van der Waals surface area contributed by atoms with Gasteiger partial charge in [-0.3, -0.25) is 9.59 Å². The second-order valence-electron chi connectivity index (χ2n) is 6.54. The van der Waals surface area contributed by atoms with Gasteiger partial charge in [-0.05, 0) is 49.9 Å². The van der Waals surface area contributed by atoms with Crippen LogP contribution in [-0.2, 0) is 14.3 Å². The number of hydrogen-bond acceptors (Lipinski definition) is 4. The number of ether oxygens (including phenoxy) is 2. The molecule has 1 aliphatic carbocycles. The van der Waals surface area contributed by atoms with Crippen LogP contribution in [0.15, 0.2) is 36.4 Å². The minimum Gasteiger partial charge on any atom is -0.493 e. The van der Waals surface area contributed by atoms with Gasteiger partial charge in [0.15, 0.2) is 0 Å². The molecule has 3 rings (SSSR count). The van der Waals surface area contributed by atoms with Gasteiger partial charge in [0.2, 0.25) is 5.91 Å². The smallest absolute Gasteiger partial charge is 0.293 e. The Hall–Kier alpha value is -2.96. The molecule has 5 nitrogen and oxygen atoms in total. The molecule has 0 aromatic heterocycles. The highest BCUT2D eigenvalue weighted by atomic mass is 19.1. The van der Waals surface area contributed by atoms with Gasteiger partial charge in [-0.2, -0.15) is 0 Å². The summed E-state index contributed by atoms with van der Waals surface area (Å²) in [6.07, 6.45) is 1.18. The summed E-state index contributed by atoms with van der Waals surface area (Å²) in [6.45, 7) is 2.53. The summed E-state index contributed by atoms with van der Waals surface area (Å²) in [6, 6.07) is 9.26. The number of nitrogens with one attached hydrogen (secondary N) is 1. The minimum absolute atomic E-state index is 0.294. The Morgan fingerprint density at radius 3 is 2.61 bits per heavy atom. The van der Waals surface area contributed by atoms with E-state index in [0.717, 1.165) is 12.1 Å². The first-order valence-corrected chi connectivity index (χ1v) is 9.16. The quantitative estimate of drug-likeness (QED) is 0.717. The van der Waals surface area contributed by atoms with Crippen molar-refractivity contribution in [1.29, 1.82) is 0 Å². The molecule has 28 heavy (non-hydrogen) atoms. The summed E-state index contributed by atoms with van der Waals surface area (Å²) < 4.78 is 39.7. The molecule has 1 amide bonds. The monoisotopic (exact) mass is 389 g/mol. The van der Waals surface area contributed by atoms with Crippen molar-refractivity contribution in [2.24, 2.45) is 5.92 Å². The molecule has 0 radical (unpaired) electrons. The fraction of sp³-hybridized carbons (Fsp3) is 0.333. The molecular formula is C21H21F2NO4. The maximum atomic E-state index is 14.6. The van der Waals surface area contributed by atoms with E-state index < -0.39 is 35.3 Å². The molecule has 2 atom stereocenters. The van der Waals surface area contributed by atoms with E-state index in [1.807, 2.05) is 6.92 Å². The Balaban J connectivity index is 1.85. The van der Waals surface area contributed by atoms with E-state index >= 15 is 0 Å². The van der Waals surface area contributed by atoms with Crippen LogP contribution in [0.4, 0.5) is 14.5 Å². The maximum Gasteiger partial charge on any atom is 0.293 e. The summed E-state index contributed by atoms with van der Waals surface area (Å²) in [5, 5.41) is 2.31. The van der Waals surface area contributed by atoms with Crippen LogP contribution in [0.1, 0.15) is 26.2 Å². The number of carbonyl (C=O) groups excluding carboxylic acids is 2. The van der Waals surface area contributed by atoms with Crippen molar-refractivity contribution in [3.05, 3.63) is 48.0 Å². The SMILES string of the molecule is CCOc1ccccc1-c1cc(F)c(NC(=O)C2CCCC2OC=O)c(F)c1. The Morgan fingerprint density at radius 2 is 1.93 bits per heavy atom. The molecule has 1 saturated carbocycles. The zero-order valence-electron chi connectivity index (χ0n) is 15.4. The first kappa shape index (κ1) is 19.8. The van der Waals surface area contributed by atoms with Crippen LogP contribution in [0, 0.1) is 17.6 Å². The largest absolute Gasteiger partial charge is 0.493 e. The van der Waals surface area contributed by atoms with E-state index in [0.29, 0.717) is 49.2 Å². The Kier molecular flexibility index (Phi) is 6.23. The summed E-state index contributed by atoms with van der Waals surface area (Å²) in [5.41, 5.74) is 0.342. The molecule has 2 aromatic carbocycles. The number of para-hydroxylation sites is 1. The molecule has 1 aliphatic rings. The third-order valence-corrected chi connectivity index (χ3v) is 4.81. The van der Waals surface area contributed by atoms with E-state index in [9.17, 15) is 18.4 Å². The molecular weight excluding hydrogens is 368 g/mol. The number of amides is 1. The van der Waals surface area contributed by atoms with Gasteiger partial charge in [-0.15, -0.1) is 0 Å². The molecule has 7 heteroatoms. The molecule has 0 spiro atoms.